The minimum absolute atomic E-state index is 0.0280. The van der Waals surface area contributed by atoms with Crippen LogP contribution in [0.25, 0.3) is 16.8 Å². The largest absolute Gasteiger partial charge is 0.480 e. The van der Waals surface area contributed by atoms with Crippen molar-refractivity contribution in [2.75, 3.05) is 19.3 Å². The molecule has 2 atom stereocenters. The Kier molecular flexibility index (Phi) is 6.81. The smallest absolute Gasteiger partial charge is 0.416 e. The number of hydrogen-bond acceptors (Lipinski definition) is 7. The summed E-state index contributed by atoms with van der Waals surface area (Å²) in [5.74, 6) is -0.443. The number of alkyl halides is 3. The maximum absolute atomic E-state index is 13.0. The van der Waals surface area contributed by atoms with Crippen molar-refractivity contribution in [2.24, 2.45) is 0 Å². The number of carboxylic acids is 1. The van der Waals surface area contributed by atoms with Gasteiger partial charge in [-0.15, -0.1) is 0 Å². The van der Waals surface area contributed by atoms with Gasteiger partial charge in [-0.25, -0.2) is 9.97 Å². The Hall–Kier alpha value is -4.32. The molecular weight excluding hydrogens is 513 g/mol. The fraction of sp³-hybridized carbons (Fsp3) is 0.296. The molecule has 0 bridgehead atoms. The first-order valence-electron chi connectivity index (χ1n) is 12.2. The van der Waals surface area contributed by atoms with Crippen LogP contribution in [0.4, 0.5) is 19.0 Å². The fourth-order valence-corrected chi connectivity index (χ4v) is 5.01. The molecule has 0 amide bonds. The number of aromatic nitrogens is 4. The first-order valence-corrected chi connectivity index (χ1v) is 12.2. The maximum Gasteiger partial charge on any atom is 0.416 e. The van der Waals surface area contributed by atoms with Gasteiger partial charge in [0.1, 0.15) is 28.9 Å². The molecule has 0 aliphatic carbocycles. The summed E-state index contributed by atoms with van der Waals surface area (Å²) in [6.45, 7) is 0.601. The third kappa shape index (κ3) is 5.19. The van der Waals surface area contributed by atoms with Crippen LogP contribution in [-0.4, -0.2) is 60.7 Å². The molecule has 202 valence electrons. The van der Waals surface area contributed by atoms with Gasteiger partial charge in [-0.2, -0.15) is 13.2 Å². The van der Waals surface area contributed by atoms with Crippen molar-refractivity contribution < 1.29 is 27.9 Å². The highest BCUT2D eigenvalue weighted by atomic mass is 19.4. The van der Waals surface area contributed by atoms with Crippen molar-refractivity contribution in [1.29, 1.82) is 0 Å². The molecule has 0 unspecified atom stereocenters. The van der Waals surface area contributed by atoms with E-state index in [0.29, 0.717) is 41.1 Å². The van der Waals surface area contributed by atoms with Gasteiger partial charge in [-0.3, -0.25) is 23.9 Å². The highest BCUT2D eigenvalue weighted by Gasteiger charge is 2.34. The number of imidazole rings is 1. The molecule has 1 aliphatic rings. The molecule has 12 heteroatoms. The topological polar surface area (TPSA) is 127 Å². The number of nitrogens with two attached hydrogens (primary N) is 1. The summed E-state index contributed by atoms with van der Waals surface area (Å²) >= 11 is 0. The number of likely N-dealkylation sites (tertiary alicyclic amines) is 1. The van der Waals surface area contributed by atoms with Crippen molar-refractivity contribution in [3.8, 4) is 11.3 Å². The predicted molar refractivity (Wildman–Crippen MR) is 136 cm³/mol. The number of carbonyl (C=O) groups excluding carboxylic acids is 1. The summed E-state index contributed by atoms with van der Waals surface area (Å²) in [5.41, 5.74) is 7.49. The van der Waals surface area contributed by atoms with Crippen LogP contribution in [0.15, 0.2) is 55.0 Å². The number of nitrogen functional groups attached to an aromatic ring is 1. The molecule has 1 aliphatic heterocycles. The number of likely N-dealkylation sites (N-methyl/N-ethyl adjacent to an activating group) is 1. The number of ketones is 1. The Labute approximate surface area is 221 Å². The van der Waals surface area contributed by atoms with E-state index in [1.54, 1.807) is 43.7 Å². The number of hydrogen-bond donors (Lipinski definition) is 2. The first kappa shape index (κ1) is 26.3. The molecule has 9 nitrogen and oxygen atoms in total. The quantitative estimate of drug-likeness (QED) is 0.352. The van der Waals surface area contributed by atoms with Crippen LogP contribution in [0.1, 0.15) is 46.2 Å². The number of carboxylic acid groups (broad SMARTS) is 1. The number of carbonyl (C=O) groups is 2. The molecule has 0 spiro atoms. The fourth-order valence-electron chi connectivity index (χ4n) is 5.01. The third-order valence-electron chi connectivity index (χ3n) is 7.10. The Morgan fingerprint density at radius 1 is 1.13 bits per heavy atom. The molecule has 39 heavy (non-hydrogen) atoms. The average Bonchev–Trinajstić information content (AvgIpc) is 3.29. The Morgan fingerprint density at radius 2 is 1.87 bits per heavy atom. The zero-order chi connectivity index (χ0) is 27.9. The summed E-state index contributed by atoms with van der Waals surface area (Å²) in [5, 5.41) is 9.65. The zero-order valence-electron chi connectivity index (χ0n) is 20.9. The van der Waals surface area contributed by atoms with E-state index >= 15 is 0 Å². The number of fused-ring (bicyclic) bond motifs is 1. The van der Waals surface area contributed by atoms with Gasteiger partial charge in [0.15, 0.2) is 5.78 Å². The number of benzene rings is 1. The van der Waals surface area contributed by atoms with Crippen LogP contribution in [0, 0.1) is 0 Å². The van der Waals surface area contributed by atoms with E-state index in [2.05, 4.69) is 9.97 Å². The van der Waals surface area contributed by atoms with Crippen LogP contribution in [0.2, 0.25) is 0 Å². The molecule has 5 rings (SSSR count). The lowest BCUT2D eigenvalue weighted by atomic mass is 9.90. The Bertz CT molecular complexity index is 1550. The number of Topliss-reactive ketones (excluding diaryl/α,β-unsaturated/α-hetero) is 1. The molecule has 3 aromatic heterocycles. The van der Waals surface area contributed by atoms with E-state index in [1.807, 2.05) is 9.30 Å². The lowest BCUT2D eigenvalue weighted by molar-refractivity contribution is -0.144. The third-order valence-corrected chi connectivity index (χ3v) is 7.10. The SMILES string of the molecule is CN1CC[C@@H](c2nc(-c3ccc(C(=O)Cc4cc(C(F)(F)F)ccn4)cc3)c3c(N)nccn23)C[C@H]1C(=O)O. The van der Waals surface area contributed by atoms with Gasteiger partial charge >= 0.3 is 12.1 Å². The van der Waals surface area contributed by atoms with E-state index in [-0.39, 0.29) is 29.6 Å². The predicted octanol–water partition coefficient (Wildman–Crippen LogP) is 4.08. The number of aliphatic carboxylic acids is 1. The zero-order valence-corrected chi connectivity index (χ0v) is 20.9. The van der Waals surface area contributed by atoms with Crippen molar-refractivity contribution in [3.63, 3.8) is 0 Å². The lowest BCUT2D eigenvalue weighted by Gasteiger charge is -2.33. The second-order valence-corrected chi connectivity index (χ2v) is 9.62. The van der Waals surface area contributed by atoms with E-state index in [9.17, 15) is 27.9 Å². The van der Waals surface area contributed by atoms with Crippen LogP contribution in [0.5, 0.6) is 0 Å². The molecule has 0 radical (unpaired) electrons. The minimum Gasteiger partial charge on any atom is -0.480 e. The summed E-state index contributed by atoms with van der Waals surface area (Å²) in [6, 6.07) is 7.66. The first-order chi connectivity index (χ1) is 18.5. The van der Waals surface area contributed by atoms with Crippen molar-refractivity contribution in [1.82, 2.24) is 24.3 Å². The minimum atomic E-state index is -4.52. The van der Waals surface area contributed by atoms with Gasteiger partial charge in [0.25, 0.3) is 0 Å². The van der Waals surface area contributed by atoms with Crippen LogP contribution < -0.4 is 5.73 Å². The number of pyridine rings is 1. The van der Waals surface area contributed by atoms with E-state index in [1.165, 1.54) is 0 Å². The number of halogens is 3. The van der Waals surface area contributed by atoms with Gasteiger partial charge in [-0.05, 0) is 38.6 Å². The van der Waals surface area contributed by atoms with E-state index in [4.69, 9.17) is 10.7 Å². The summed E-state index contributed by atoms with van der Waals surface area (Å²) in [7, 11) is 1.79. The molecule has 4 heterocycles. The van der Waals surface area contributed by atoms with Crippen molar-refractivity contribution >= 4 is 23.1 Å². The molecule has 3 N–H and O–H groups in total. The summed E-state index contributed by atoms with van der Waals surface area (Å²) in [6.07, 6.45) is 0.654. The molecular formula is C27H25F3N6O3. The standard InChI is InChI=1S/C27H25F3N6O3/c1-35-10-7-17(12-20(35)26(38)39)25-34-22(23-24(31)33-9-11-36(23)25)16-4-2-15(3-5-16)21(37)14-19-13-18(6-8-32-19)27(28,29)30/h2-6,8-9,11,13,17,20H,7,10,12,14H2,1H3,(H2,31,33)(H,38,39)/t17-,20+/m1/s1. The van der Waals surface area contributed by atoms with Crippen molar-refractivity contribution in [3.05, 3.63) is 77.6 Å². The van der Waals surface area contributed by atoms with Crippen LogP contribution in [-0.2, 0) is 17.4 Å². The second kappa shape index (κ2) is 10.1. The molecule has 1 saturated heterocycles. The van der Waals surface area contributed by atoms with E-state index in [0.717, 1.165) is 24.8 Å². The average molecular weight is 539 g/mol. The monoisotopic (exact) mass is 538 g/mol. The van der Waals surface area contributed by atoms with E-state index < -0.39 is 23.8 Å². The maximum atomic E-state index is 13.0. The summed E-state index contributed by atoms with van der Waals surface area (Å²) in [4.78, 5) is 39.3. The summed E-state index contributed by atoms with van der Waals surface area (Å²) < 4.78 is 40.8. The van der Waals surface area contributed by atoms with Gasteiger partial charge in [0.05, 0.1) is 12.0 Å². The normalized spacial score (nSPS) is 18.4. The Balaban J connectivity index is 1.44. The van der Waals surface area contributed by atoms with Gasteiger partial charge in [-0.1, -0.05) is 24.3 Å². The molecule has 1 aromatic carbocycles. The highest BCUT2D eigenvalue weighted by Crippen LogP contribution is 2.36. The Morgan fingerprint density at radius 3 is 2.56 bits per heavy atom. The molecule has 1 fully saturated rings. The molecule has 4 aromatic rings. The van der Waals surface area contributed by atoms with Crippen LogP contribution >= 0.6 is 0 Å². The van der Waals surface area contributed by atoms with Crippen molar-refractivity contribution in [2.45, 2.75) is 37.4 Å². The lowest BCUT2D eigenvalue weighted by Crippen LogP contribution is -2.44. The number of anilines is 1. The molecule has 0 saturated carbocycles. The van der Waals surface area contributed by atoms with Gasteiger partial charge in [0, 0.05) is 41.3 Å². The number of rotatable bonds is 6. The second-order valence-electron chi connectivity index (χ2n) is 9.62. The van der Waals surface area contributed by atoms with Gasteiger partial charge in [0.2, 0.25) is 0 Å². The number of nitrogens with zero attached hydrogens (tertiary/aromatic N) is 5. The highest BCUT2D eigenvalue weighted by molar-refractivity contribution is 5.98. The number of piperidine rings is 1. The van der Waals surface area contributed by atoms with Crippen LogP contribution in [0.3, 0.4) is 0 Å². The van der Waals surface area contributed by atoms with Gasteiger partial charge < -0.3 is 10.8 Å².